The molecule has 4 atom stereocenters. The molecule has 5 aromatic rings. The molecule has 2 heterocycles. The number of likely N-dealkylation sites (N-methyl/N-ethyl adjacent to an activating group) is 2. The smallest absolute Gasteiger partial charge is 0.0887 e. The van der Waals surface area contributed by atoms with Crippen LogP contribution in [0.1, 0.15) is 55.7 Å². The van der Waals surface area contributed by atoms with Gasteiger partial charge in [-0.3, -0.25) is 15.5 Å². The Kier molecular flexibility index (Phi) is 8.09. The Hall–Kier alpha value is -4.74. The van der Waals surface area contributed by atoms with Crippen molar-refractivity contribution < 1.29 is 0 Å². The topological polar surface area (TPSA) is 30.5 Å². The number of allylic oxidation sites excluding steroid dienone is 5. The molecule has 48 heavy (non-hydrogen) atoms. The zero-order valence-corrected chi connectivity index (χ0v) is 28.3. The maximum atomic E-state index is 4.05. The zero-order valence-electron chi connectivity index (χ0n) is 28.3. The van der Waals surface area contributed by atoms with E-state index in [0.717, 1.165) is 12.8 Å². The van der Waals surface area contributed by atoms with Gasteiger partial charge in [-0.15, -0.1) is 0 Å². The van der Waals surface area contributed by atoms with E-state index in [9.17, 15) is 0 Å². The van der Waals surface area contributed by atoms with Gasteiger partial charge in [0.2, 0.25) is 0 Å². The lowest BCUT2D eigenvalue weighted by atomic mass is 9.87. The molecular weight excluding hydrogens is 585 g/mol. The number of nitrogens with one attached hydrogen (secondary N) is 2. The van der Waals surface area contributed by atoms with Crippen molar-refractivity contribution in [3.8, 4) is 11.1 Å². The fraction of sp³-hybridized carbons (Fsp3) is 0.227. The van der Waals surface area contributed by atoms with Crippen molar-refractivity contribution in [3.63, 3.8) is 0 Å². The fourth-order valence-corrected chi connectivity index (χ4v) is 7.83. The lowest BCUT2D eigenvalue weighted by Gasteiger charge is -2.46. The van der Waals surface area contributed by atoms with Crippen LogP contribution in [0, 0.1) is 0 Å². The first-order valence-electron chi connectivity index (χ1n) is 17.3. The Morgan fingerprint density at radius 2 is 1.38 bits per heavy atom. The number of rotatable bonds is 5. The average molecular weight is 629 g/mol. The Morgan fingerprint density at radius 3 is 2.17 bits per heavy atom. The number of nitrogens with zero attached hydrogens (tertiary/aromatic N) is 2. The SMILES string of the molecule is CC1=CC=C(c2cc(-c3cc4ccccc4c4ccccc34)cc(C3NC(C4=CCCC=C4)N(C)C(c4ccccc4)N3)c2)C(C)N1C. The second-order valence-corrected chi connectivity index (χ2v) is 13.6. The van der Waals surface area contributed by atoms with Crippen molar-refractivity contribution >= 4 is 27.1 Å². The van der Waals surface area contributed by atoms with Gasteiger partial charge in [0, 0.05) is 12.7 Å². The molecule has 2 aliphatic heterocycles. The molecule has 2 N–H and O–H groups in total. The minimum atomic E-state index is -0.0763. The molecular formula is C44H44N4. The van der Waals surface area contributed by atoms with Crippen LogP contribution in [0.15, 0.2) is 145 Å². The van der Waals surface area contributed by atoms with Crippen molar-refractivity contribution in [2.45, 2.75) is 51.2 Å². The summed E-state index contributed by atoms with van der Waals surface area (Å²) < 4.78 is 0. The predicted molar refractivity (Wildman–Crippen MR) is 202 cm³/mol. The minimum Gasteiger partial charge on any atom is -0.371 e. The quantitative estimate of drug-likeness (QED) is 0.190. The summed E-state index contributed by atoms with van der Waals surface area (Å²) in [7, 11) is 4.43. The van der Waals surface area contributed by atoms with E-state index in [1.54, 1.807) is 0 Å². The van der Waals surface area contributed by atoms with E-state index in [1.807, 2.05) is 0 Å². The lowest BCUT2D eigenvalue weighted by molar-refractivity contribution is 0.0629. The first kappa shape index (κ1) is 30.6. The molecule has 0 aromatic heterocycles. The van der Waals surface area contributed by atoms with Crippen molar-refractivity contribution in [1.29, 1.82) is 0 Å². The highest BCUT2D eigenvalue weighted by Gasteiger charge is 2.36. The third-order valence-electron chi connectivity index (χ3n) is 10.7. The molecule has 1 aliphatic carbocycles. The van der Waals surface area contributed by atoms with Crippen LogP contribution in [0.2, 0.25) is 0 Å². The van der Waals surface area contributed by atoms with Crippen LogP contribution in [0.3, 0.4) is 0 Å². The van der Waals surface area contributed by atoms with E-state index in [1.165, 1.54) is 66.2 Å². The molecule has 4 nitrogen and oxygen atoms in total. The molecule has 4 heteroatoms. The van der Waals surface area contributed by atoms with Crippen molar-refractivity contribution in [3.05, 3.63) is 161 Å². The summed E-state index contributed by atoms with van der Waals surface area (Å²) in [5.41, 5.74) is 10.2. The fourth-order valence-electron chi connectivity index (χ4n) is 7.83. The number of fused-ring (bicyclic) bond motifs is 3. The molecule has 0 bridgehead atoms. The highest BCUT2D eigenvalue weighted by molar-refractivity contribution is 6.13. The molecule has 5 aromatic carbocycles. The minimum absolute atomic E-state index is 0.0387. The maximum Gasteiger partial charge on any atom is 0.0887 e. The van der Waals surface area contributed by atoms with Gasteiger partial charge in [0.1, 0.15) is 0 Å². The summed E-state index contributed by atoms with van der Waals surface area (Å²) >= 11 is 0. The van der Waals surface area contributed by atoms with Gasteiger partial charge in [0.25, 0.3) is 0 Å². The average Bonchev–Trinajstić information content (AvgIpc) is 3.14. The van der Waals surface area contributed by atoms with Gasteiger partial charge < -0.3 is 4.90 Å². The summed E-state index contributed by atoms with van der Waals surface area (Å²) in [6, 6.07) is 38.4. The molecule has 1 fully saturated rings. The summed E-state index contributed by atoms with van der Waals surface area (Å²) in [6.07, 6.45) is 13.8. The van der Waals surface area contributed by atoms with Gasteiger partial charge in [-0.2, -0.15) is 0 Å². The van der Waals surface area contributed by atoms with Crippen molar-refractivity contribution in [2.75, 3.05) is 14.1 Å². The Morgan fingerprint density at radius 1 is 0.667 bits per heavy atom. The normalized spacial score (nSPS) is 23.2. The third-order valence-corrected chi connectivity index (χ3v) is 10.7. The van der Waals surface area contributed by atoms with E-state index >= 15 is 0 Å². The van der Waals surface area contributed by atoms with Gasteiger partial charge >= 0.3 is 0 Å². The number of hydrogen-bond acceptors (Lipinski definition) is 4. The van der Waals surface area contributed by atoms with Gasteiger partial charge in [-0.05, 0) is 125 Å². The number of hydrogen-bond donors (Lipinski definition) is 2. The molecule has 8 rings (SSSR count). The third kappa shape index (κ3) is 5.50. The van der Waals surface area contributed by atoms with Crippen molar-refractivity contribution in [2.24, 2.45) is 0 Å². The summed E-state index contributed by atoms with van der Waals surface area (Å²) in [6.45, 7) is 4.51. The highest BCUT2D eigenvalue weighted by Crippen LogP contribution is 2.40. The van der Waals surface area contributed by atoms with Crippen molar-refractivity contribution in [1.82, 2.24) is 20.4 Å². The molecule has 0 radical (unpaired) electrons. The van der Waals surface area contributed by atoms with Gasteiger partial charge in [0.15, 0.2) is 0 Å². The van der Waals surface area contributed by atoms with Crippen LogP contribution in [0.5, 0.6) is 0 Å². The second kappa shape index (κ2) is 12.7. The Bertz CT molecular complexity index is 2120. The first-order chi connectivity index (χ1) is 23.5. The molecule has 4 unspecified atom stereocenters. The van der Waals surface area contributed by atoms with E-state index < -0.39 is 0 Å². The lowest BCUT2D eigenvalue weighted by Crippen LogP contribution is -2.60. The molecule has 240 valence electrons. The summed E-state index contributed by atoms with van der Waals surface area (Å²) in [5.74, 6) is 0. The van der Waals surface area contributed by atoms with Crippen LogP contribution in [-0.2, 0) is 0 Å². The standard InChI is InChI=1S/C44H44N4/c1-29-23-24-37(30(2)47(29)3)34-25-35(41-28-33-19-11-12-20-38(33)39-21-13-14-22-40(39)41)27-36(26-34)42-45-43(31-15-7-5-8-16-31)48(4)44(46-42)32-17-9-6-10-18-32/h5,7-9,11-28,30,42-46H,6,10H2,1-4H3. The van der Waals surface area contributed by atoms with E-state index in [0.29, 0.717) is 0 Å². The van der Waals surface area contributed by atoms with E-state index in [4.69, 9.17) is 0 Å². The second-order valence-electron chi connectivity index (χ2n) is 13.6. The Balaban J connectivity index is 1.32. The molecule has 0 spiro atoms. The highest BCUT2D eigenvalue weighted by atomic mass is 15.4. The van der Waals surface area contributed by atoms with Crippen LogP contribution in [-0.4, -0.2) is 36.1 Å². The van der Waals surface area contributed by atoms with E-state index in [2.05, 4.69) is 182 Å². The van der Waals surface area contributed by atoms with Gasteiger partial charge in [-0.1, -0.05) is 103 Å². The van der Waals surface area contributed by atoms with Crippen LogP contribution >= 0.6 is 0 Å². The molecule has 0 saturated carbocycles. The van der Waals surface area contributed by atoms with Crippen LogP contribution < -0.4 is 10.6 Å². The molecule has 1 saturated heterocycles. The zero-order chi connectivity index (χ0) is 32.8. The van der Waals surface area contributed by atoms with Gasteiger partial charge in [0.05, 0.1) is 24.5 Å². The summed E-state index contributed by atoms with van der Waals surface area (Å²) in [5, 5.41) is 13.2. The van der Waals surface area contributed by atoms with Gasteiger partial charge in [-0.25, -0.2) is 0 Å². The summed E-state index contributed by atoms with van der Waals surface area (Å²) in [4.78, 5) is 4.81. The molecule has 0 amide bonds. The molecule has 3 aliphatic rings. The van der Waals surface area contributed by atoms with E-state index in [-0.39, 0.29) is 24.5 Å². The monoisotopic (exact) mass is 628 g/mol. The largest absolute Gasteiger partial charge is 0.371 e. The first-order valence-corrected chi connectivity index (χ1v) is 17.3. The van der Waals surface area contributed by atoms with Crippen LogP contribution in [0.4, 0.5) is 0 Å². The predicted octanol–water partition coefficient (Wildman–Crippen LogP) is 9.71. The Labute approximate surface area is 284 Å². The number of benzene rings is 5. The maximum absolute atomic E-state index is 4.05. The van der Waals surface area contributed by atoms with Crippen LogP contribution in [0.25, 0.3) is 38.2 Å².